The molecule has 1 saturated carbocycles. The summed E-state index contributed by atoms with van der Waals surface area (Å²) in [4.78, 5) is 11.7. The van der Waals surface area contributed by atoms with Gasteiger partial charge in [-0.3, -0.25) is 0 Å². The Hall–Kier alpha value is -1.55. The Labute approximate surface area is 113 Å². The van der Waals surface area contributed by atoms with Gasteiger partial charge in [0.05, 0.1) is 0 Å². The van der Waals surface area contributed by atoms with Gasteiger partial charge < -0.3 is 15.4 Å². The first-order chi connectivity index (χ1) is 9.28. The Balaban J connectivity index is 1.43. The highest BCUT2D eigenvalue weighted by molar-refractivity contribution is 5.68. The topological polar surface area (TPSA) is 50.4 Å². The summed E-state index contributed by atoms with van der Waals surface area (Å²) < 4.78 is 5.24. The van der Waals surface area contributed by atoms with Crippen LogP contribution in [0.25, 0.3) is 0 Å². The molecule has 1 spiro atoms. The van der Waals surface area contributed by atoms with Crippen LogP contribution in [0.1, 0.15) is 24.8 Å². The molecule has 3 rings (SSSR count). The number of carbonyl (C=O) groups is 1. The molecular weight excluding hydrogens is 240 g/mol. The summed E-state index contributed by atoms with van der Waals surface area (Å²) in [7, 11) is 0. The van der Waals surface area contributed by atoms with E-state index in [9.17, 15) is 4.79 Å². The number of hydrogen-bond acceptors (Lipinski definition) is 3. The zero-order valence-electron chi connectivity index (χ0n) is 11.0. The molecule has 1 saturated heterocycles. The van der Waals surface area contributed by atoms with Crippen molar-refractivity contribution in [2.75, 3.05) is 13.1 Å². The van der Waals surface area contributed by atoms with Gasteiger partial charge in [-0.25, -0.2) is 4.79 Å². The number of alkyl carbamates (subject to hydrolysis) is 1. The van der Waals surface area contributed by atoms with E-state index < -0.39 is 0 Å². The number of hydrogen-bond donors (Lipinski definition) is 2. The van der Waals surface area contributed by atoms with Crippen LogP contribution in [0.3, 0.4) is 0 Å². The zero-order chi connectivity index (χ0) is 13.1. The van der Waals surface area contributed by atoms with Gasteiger partial charge in [0.15, 0.2) is 0 Å². The number of carbonyl (C=O) groups excluding carboxylic acids is 1. The Bertz CT molecular complexity index is 441. The highest BCUT2D eigenvalue weighted by Gasteiger charge is 2.55. The monoisotopic (exact) mass is 260 g/mol. The molecule has 1 aliphatic heterocycles. The fraction of sp³-hybridized carbons (Fsp3) is 0.533. The number of ether oxygens (including phenoxy) is 1. The van der Waals surface area contributed by atoms with E-state index in [2.05, 4.69) is 10.6 Å². The summed E-state index contributed by atoms with van der Waals surface area (Å²) in [5.74, 6) is 0. The molecule has 2 fully saturated rings. The van der Waals surface area contributed by atoms with Crippen molar-refractivity contribution < 1.29 is 9.53 Å². The van der Waals surface area contributed by atoms with E-state index in [1.54, 1.807) is 0 Å². The number of piperidine rings is 1. The number of benzene rings is 1. The molecular formula is C15H20N2O2. The summed E-state index contributed by atoms with van der Waals surface area (Å²) in [6, 6.07) is 10.0. The summed E-state index contributed by atoms with van der Waals surface area (Å²) >= 11 is 0. The number of amides is 1. The maximum atomic E-state index is 11.7. The van der Waals surface area contributed by atoms with Gasteiger partial charge >= 0.3 is 6.09 Å². The van der Waals surface area contributed by atoms with Gasteiger partial charge in [0.2, 0.25) is 0 Å². The molecule has 0 radical (unpaired) electrons. The lowest BCUT2D eigenvalue weighted by Crippen LogP contribution is -2.38. The highest BCUT2D eigenvalue weighted by atomic mass is 16.5. The molecule has 2 N–H and O–H groups in total. The second-order valence-corrected chi connectivity index (χ2v) is 5.61. The summed E-state index contributed by atoms with van der Waals surface area (Å²) in [6.45, 7) is 2.47. The standard InChI is InChI=1S/C15H20N2O2/c18-14(19-10-12-5-2-1-3-6-12)17-13-9-15(13)7-4-8-16-11-15/h1-3,5-6,13,16H,4,7-11H2,(H,17,18). The smallest absolute Gasteiger partial charge is 0.407 e. The molecule has 1 heterocycles. The van der Waals surface area contributed by atoms with Gasteiger partial charge in [0.1, 0.15) is 6.61 Å². The van der Waals surface area contributed by atoms with Crippen molar-refractivity contribution in [2.45, 2.75) is 31.9 Å². The van der Waals surface area contributed by atoms with Crippen LogP contribution in [0.2, 0.25) is 0 Å². The third kappa shape index (κ3) is 2.89. The van der Waals surface area contributed by atoms with E-state index >= 15 is 0 Å². The van der Waals surface area contributed by atoms with E-state index in [1.165, 1.54) is 12.8 Å². The average Bonchev–Trinajstić information content (AvgIpc) is 3.10. The first kappa shape index (κ1) is 12.5. The Morgan fingerprint density at radius 1 is 1.42 bits per heavy atom. The quantitative estimate of drug-likeness (QED) is 0.874. The Kier molecular flexibility index (Phi) is 3.42. The molecule has 0 bridgehead atoms. The zero-order valence-corrected chi connectivity index (χ0v) is 11.0. The van der Waals surface area contributed by atoms with Gasteiger partial charge in [-0.15, -0.1) is 0 Å². The van der Waals surface area contributed by atoms with Crippen LogP contribution in [0, 0.1) is 5.41 Å². The lowest BCUT2D eigenvalue weighted by Gasteiger charge is -2.23. The molecule has 4 nitrogen and oxygen atoms in total. The summed E-state index contributed by atoms with van der Waals surface area (Å²) in [5.41, 5.74) is 1.33. The van der Waals surface area contributed by atoms with Gasteiger partial charge in [0.25, 0.3) is 0 Å². The van der Waals surface area contributed by atoms with Crippen LogP contribution in [0.5, 0.6) is 0 Å². The number of nitrogens with one attached hydrogen (secondary N) is 2. The lowest BCUT2D eigenvalue weighted by molar-refractivity contribution is 0.137. The lowest BCUT2D eigenvalue weighted by atomic mass is 9.96. The van der Waals surface area contributed by atoms with E-state index in [-0.39, 0.29) is 6.09 Å². The molecule has 19 heavy (non-hydrogen) atoms. The van der Waals surface area contributed by atoms with Crippen LogP contribution in [0.15, 0.2) is 30.3 Å². The van der Waals surface area contributed by atoms with Gasteiger partial charge in [-0.1, -0.05) is 30.3 Å². The fourth-order valence-electron chi connectivity index (χ4n) is 2.92. The number of rotatable bonds is 3. The molecule has 102 valence electrons. The van der Waals surface area contributed by atoms with Crippen molar-refractivity contribution in [3.63, 3.8) is 0 Å². The maximum Gasteiger partial charge on any atom is 0.407 e. The second-order valence-electron chi connectivity index (χ2n) is 5.61. The van der Waals surface area contributed by atoms with Crippen LogP contribution in [-0.4, -0.2) is 25.2 Å². The first-order valence-corrected chi connectivity index (χ1v) is 6.96. The van der Waals surface area contributed by atoms with E-state index in [0.717, 1.165) is 25.1 Å². The molecule has 1 aromatic rings. The summed E-state index contributed by atoms with van der Waals surface area (Å²) in [6.07, 6.45) is 3.21. The van der Waals surface area contributed by atoms with E-state index in [0.29, 0.717) is 18.1 Å². The normalized spacial score (nSPS) is 28.9. The molecule has 1 amide bonds. The highest BCUT2D eigenvalue weighted by Crippen LogP contribution is 2.50. The molecule has 1 aliphatic carbocycles. The van der Waals surface area contributed by atoms with Crippen LogP contribution in [-0.2, 0) is 11.3 Å². The fourth-order valence-corrected chi connectivity index (χ4v) is 2.92. The van der Waals surface area contributed by atoms with Crippen molar-refractivity contribution >= 4 is 6.09 Å². The third-order valence-corrected chi connectivity index (χ3v) is 4.20. The van der Waals surface area contributed by atoms with E-state index in [1.807, 2.05) is 30.3 Å². The summed E-state index contributed by atoms with van der Waals surface area (Å²) in [5, 5.41) is 6.39. The minimum Gasteiger partial charge on any atom is -0.445 e. The van der Waals surface area contributed by atoms with Crippen molar-refractivity contribution in [1.82, 2.24) is 10.6 Å². The van der Waals surface area contributed by atoms with E-state index in [4.69, 9.17) is 4.74 Å². The van der Waals surface area contributed by atoms with Crippen LogP contribution in [0.4, 0.5) is 4.79 Å². The molecule has 1 aromatic carbocycles. The Morgan fingerprint density at radius 3 is 3.00 bits per heavy atom. The van der Waals surface area contributed by atoms with Crippen molar-refractivity contribution in [1.29, 1.82) is 0 Å². The van der Waals surface area contributed by atoms with Gasteiger partial charge in [0, 0.05) is 18.0 Å². The average molecular weight is 260 g/mol. The van der Waals surface area contributed by atoms with Crippen molar-refractivity contribution in [3.8, 4) is 0 Å². The second kappa shape index (κ2) is 5.21. The van der Waals surface area contributed by atoms with Gasteiger partial charge in [-0.2, -0.15) is 0 Å². The SMILES string of the molecule is O=C(NC1CC12CCCNC2)OCc1ccccc1. The first-order valence-electron chi connectivity index (χ1n) is 6.96. The molecule has 2 atom stereocenters. The van der Waals surface area contributed by atoms with Gasteiger partial charge in [-0.05, 0) is 31.4 Å². The predicted octanol–water partition coefficient (Wildman–Crippen LogP) is 2.05. The molecule has 2 aliphatic rings. The predicted molar refractivity (Wildman–Crippen MR) is 72.7 cm³/mol. The maximum absolute atomic E-state index is 11.7. The molecule has 0 aromatic heterocycles. The minimum atomic E-state index is -0.295. The van der Waals surface area contributed by atoms with Crippen molar-refractivity contribution in [2.24, 2.45) is 5.41 Å². The Morgan fingerprint density at radius 2 is 2.26 bits per heavy atom. The largest absolute Gasteiger partial charge is 0.445 e. The van der Waals surface area contributed by atoms with Crippen LogP contribution < -0.4 is 10.6 Å². The van der Waals surface area contributed by atoms with Crippen molar-refractivity contribution in [3.05, 3.63) is 35.9 Å². The van der Waals surface area contributed by atoms with Crippen LogP contribution >= 0.6 is 0 Å². The molecule has 2 unspecified atom stereocenters. The minimum absolute atomic E-state index is 0.295. The molecule has 4 heteroatoms. The third-order valence-electron chi connectivity index (χ3n) is 4.20.